The number of amides is 1. The number of aromatic hydroxyl groups is 1. The van der Waals surface area contributed by atoms with Crippen LogP contribution in [0.15, 0.2) is 24.3 Å². The monoisotopic (exact) mass is 263 g/mol. The first-order chi connectivity index (χ1) is 9.19. The van der Waals surface area contributed by atoms with Crippen LogP contribution in [0.4, 0.5) is 0 Å². The molecule has 1 saturated heterocycles. The van der Waals surface area contributed by atoms with Crippen molar-refractivity contribution < 1.29 is 15.0 Å². The van der Waals surface area contributed by atoms with E-state index in [-0.39, 0.29) is 18.3 Å². The maximum Gasteiger partial charge on any atom is 0.227 e. The molecule has 0 radical (unpaired) electrons. The molecule has 104 valence electrons. The molecule has 1 aliphatic rings. The third kappa shape index (κ3) is 3.96. The lowest BCUT2D eigenvalue weighted by Gasteiger charge is -2.32. The summed E-state index contributed by atoms with van der Waals surface area (Å²) in [6, 6.07) is 6.84. The van der Waals surface area contributed by atoms with Crippen LogP contribution in [-0.4, -0.2) is 40.7 Å². The summed E-state index contributed by atoms with van der Waals surface area (Å²) in [5, 5.41) is 18.4. The highest BCUT2D eigenvalue weighted by atomic mass is 16.3. The Kier molecular flexibility index (Phi) is 4.80. The SMILES string of the molecule is O=C(Cc1cccc(O)c1)N1CCCC(CCO)C1. The number of hydrogen-bond acceptors (Lipinski definition) is 3. The maximum absolute atomic E-state index is 12.2. The third-order valence-corrected chi connectivity index (χ3v) is 3.67. The van der Waals surface area contributed by atoms with Crippen LogP contribution >= 0.6 is 0 Å². The van der Waals surface area contributed by atoms with Gasteiger partial charge in [0.15, 0.2) is 0 Å². The van der Waals surface area contributed by atoms with Gasteiger partial charge >= 0.3 is 0 Å². The average Bonchev–Trinajstić information content (AvgIpc) is 2.39. The third-order valence-electron chi connectivity index (χ3n) is 3.67. The number of aliphatic hydroxyl groups excluding tert-OH is 1. The molecule has 0 bridgehead atoms. The smallest absolute Gasteiger partial charge is 0.227 e. The normalized spacial score (nSPS) is 19.4. The molecule has 1 atom stereocenters. The van der Waals surface area contributed by atoms with Gasteiger partial charge in [-0.1, -0.05) is 12.1 Å². The van der Waals surface area contributed by atoms with Crippen molar-refractivity contribution in [2.24, 2.45) is 5.92 Å². The molecule has 1 unspecified atom stereocenters. The van der Waals surface area contributed by atoms with Gasteiger partial charge in [-0.3, -0.25) is 4.79 Å². The highest BCUT2D eigenvalue weighted by Gasteiger charge is 2.23. The lowest BCUT2D eigenvalue weighted by molar-refractivity contribution is -0.132. The predicted octanol–water partition coefficient (Wildman–Crippen LogP) is 1.56. The summed E-state index contributed by atoms with van der Waals surface area (Å²) in [7, 11) is 0. The van der Waals surface area contributed by atoms with Crippen LogP contribution in [0.25, 0.3) is 0 Å². The number of carbonyl (C=O) groups excluding carboxylic acids is 1. The van der Waals surface area contributed by atoms with Crippen molar-refractivity contribution in [1.29, 1.82) is 0 Å². The zero-order valence-corrected chi connectivity index (χ0v) is 11.1. The topological polar surface area (TPSA) is 60.8 Å². The Morgan fingerprint density at radius 3 is 3.00 bits per heavy atom. The summed E-state index contributed by atoms with van der Waals surface area (Å²) >= 11 is 0. The number of rotatable bonds is 4. The minimum atomic E-state index is 0.105. The Hall–Kier alpha value is -1.55. The van der Waals surface area contributed by atoms with Crippen LogP contribution in [-0.2, 0) is 11.2 Å². The van der Waals surface area contributed by atoms with Gasteiger partial charge in [-0.15, -0.1) is 0 Å². The van der Waals surface area contributed by atoms with E-state index in [9.17, 15) is 9.90 Å². The molecular formula is C15H21NO3. The van der Waals surface area contributed by atoms with Crippen LogP contribution in [0, 0.1) is 5.92 Å². The van der Waals surface area contributed by atoms with E-state index in [0.717, 1.165) is 37.9 Å². The first kappa shape index (κ1) is 13.9. The molecule has 0 aliphatic carbocycles. The quantitative estimate of drug-likeness (QED) is 0.866. The first-order valence-electron chi connectivity index (χ1n) is 6.85. The number of aliphatic hydroxyl groups is 1. The number of likely N-dealkylation sites (tertiary alicyclic amines) is 1. The first-order valence-corrected chi connectivity index (χ1v) is 6.85. The number of phenolic OH excluding ortho intramolecular Hbond substituents is 1. The summed E-state index contributed by atoms with van der Waals surface area (Å²) in [5.41, 5.74) is 0.842. The van der Waals surface area contributed by atoms with Crippen molar-refractivity contribution in [3.8, 4) is 5.75 Å². The fraction of sp³-hybridized carbons (Fsp3) is 0.533. The molecular weight excluding hydrogens is 242 g/mol. The average molecular weight is 263 g/mol. The summed E-state index contributed by atoms with van der Waals surface area (Å²) in [5.74, 6) is 0.724. The minimum Gasteiger partial charge on any atom is -0.508 e. The summed E-state index contributed by atoms with van der Waals surface area (Å²) in [6.45, 7) is 1.75. The van der Waals surface area contributed by atoms with Gasteiger partial charge in [0.2, 0.25) is 5.91 Å². The van der Waals surface area contributed by atoms with E-state index in [4.69, 9.17) is 5.11 Å². The van der Waals surface area contributed by atoms with E-state index in [1.807, 2.05) is 11.0 Å². The number of hydrogen-bond donors (Lipinski definition) is 2. The number of phenols is 1. The molecule has 0 saturated carbocycles. The number of nitrogens with zero attached hydrogens (tertiary/aromatic N) is 1. The number of benzene rings is 1. The molecule has 1 fully saturated rings. The molecule has 1 aliphatic heterocycles. The molecule has 1 amide bonds. The summed E-state index contributed by atoms with van der Waals surface area (Å²) in [4.78, 5) is 14.1. The lowest BCUT2D eigenvalue weighted by atomic mass is 9.94. The fourth-order valence-electron chi connectivity index (χ4n) is 2.66. The molecule has 4 nitrogen and oxygen atoms in total. The van der Waals surface area contributed by atoms with E-state index < -0.39 is 0 Å². The maximum atomic E-state index is 12.2. The Labute approximate surface area is 113 Å². The van der Waals surface area contributed by atoms with Crippen molar-refractivity contribution in [2.75, 3.05) is 19.7 Å². The Morgan fingerprint density at radius 1 is 1.42 bits per heavy atom. The molecule has 2 rings (SSSR count). The summed E-state index contributed by atoms with van der Waals surface area (Å²) < 4.78 is 0. The van der Waals surface area contributed by atoms with Crippen molar-refractivity contribution in [2.45, 2.75) is 25.7 Å². The minimum absolute atomic E-state index is 0.105. The van der Waals surface area contributed by atoms with Gasteiger partial charge in [0.1, 0.15) is 5.75 Å². The van der Waals surface area contributed by atoms with Gasteiger partial charge in [0.25, 0.3) is 0 Å². The van der Waals surface area contributed by atoms with Crippen LogP contribution in [0.1, 0.15) is 24.8 Å². The zero-order valence-electron chi connectivity index (χ0n) is 11.1. The lowest BCUT2D eigenvalue weighted by Crippen LogP contribution is -2.40. The van der Waals surface area contributed by atoms with E-state index >= 15 is 0 Å². The van der Waals surface area contributed by atoms with Gasteiger partial charge in [-0.25, -0.2) is 0 Å². The van der Waals surface area contributed by atoms with Gasteiger partial charge in [0, 0.05) is 19.7 Å². The van der Waals surface area contributed by atoms with Gasteiger partial charge in [0.05, 0.1) is 6.42 Å². The molecule has 1 aromatic carbocycles. The molecule has 2 N–H and O–H groups in total. The van der Waals surface area contributed by atoms with Crippen molar-refractivity contribution in [3.63, 3.8) is 0 Å². The standard InChI is InChI=1S/C15H21NO3/c17-8-6-12-4-2-7-16(11-12)15(19)10-13-3-1-5-14(18)9-13/h1,3,5,9,12,17-18H,2,4,6-8,10-11H2. The van der Waals surface area contributed by atoms with Crippen LogP contribution < -0.4 is 0 Å². The largest absolute Gasteiger partial charge is 0.508 e. The van der Waals surface area contributed by atoms with Crippen molar-refractivity contribution >= 4 is 5.91 Å². The van der Waals surface area contributed by atoms with Crippen LogP contribution in [0.3, 0.4) is 0 Å². The summed E-state index contributed by atoms with van der Waals surface area (Å²) in [6.07, 6.45) is 3.21. The molecule has 1 heterocycles. The molecule has 0 spiro atoms. The Balaban J connectivity index is 1.92. The Bertz CT molecular complexity index is 431. The highest BCUT2D eigenvalue weighted by molar-refractivity contribution is 5.79. The molecule has 0 aromatic heterocycles. The van der Waals surface area contributed by atoms with Crippen LogP contribution in [0.5, 0.6) is 5.75 Å². The zero-order chi connectivity index (χ0) is 13.7. The van der Waals surface area contributed by atoms with E-state index in [1.54, 1.807) is 18.2 Å². The highest BCUT2D eigenvalue weighted by Crippen LogP contribution is 2.20. The second kappa shape index (κ2) is 6.57. The van der Waals surface area contributed by atoms with Gasteiger partial charge in [-0.2, -0.15) is 0 Å². The van der Waals surface area contributed by atoms with E-state index in [1.165, 1.54) is 0 Å². The number of piperidine rings is 1. The van der Waals surface area contributed by atoms with Gasteiger partial charge < -0.3 is 15.1 Å². The van der Waals surface area contributed by atoms with E-state index in [2.05, 4.69) is 0 Å². The van der Waals surface area contributed by atoms with E-state index in [0.29, 0.717) is 12.3 Å². The van der Waals surface area contributed by atoms with Crippen LogP contribution in [0.2, 0.25) is 0 Å². The van der Waals surface area contributed by atoms with Crippen molar-refractivity contribution in [1.82, 2.24) is 4.90 Å². The number of carbonyl (C=O) groups is 1. The predicted molar refractivity (Wildman–Crippen MR) is 72.8 cm³/mol. The second-order valence-electron chi connectivity index (χ2n) is 5.21. The second-order valence-corrected chi connectivity index (χ2v) is 5.21. The fourth-order valence-corrected chi connectivity index (χ4v) is 2.66. The van der Waals surface area contributed by atoms with Gasteiger partial charge in [-0.05, 0) is 42.9 Å². The Morgan fingerprint density at radius 2 is 2.26 bits per heavy atom. The molecule has 19 heavy (non-hydrogen) atoms. The molecule has 4 heteroatoms. The molecule has 1 aromatic rings. The van der Waals surface area contributed by atoms with Crippen molar-refractivity contribution in [3.05, 3.63) is 29.8 Å².